The molecule has 1 heterocycles. The van der Waals surface area contributed by atoms with E-state index in [1.165, 1.54) is 0 Å². The van der Waals surface area contributed by atoms with Gasteiger partial charge in [0.1, 0.15) is 11.5 Å². The molecule has 0 aliphatic heterocycles. The molecule has 3 aromatic rings. The van der Waals surface area contributed by atoms with Gasteiger partial charge >= 0.3 is 0 Å². The number of ether oxygens (including phenoxy) is 2. The van der Waals surface area contributed by atoms with Crippen molar-refractivity contribution in [3.8, 4) is 17.2 Å². The quantitative estimate of drug-likeness (QED) is 0.689. The fourth-order valence-electron chi connectivity index (χ4n) is 2.77. The number of hydrogen-bond donors (Lipinski definition) is 1. The van der Waals surface area contributed by atoms with Crippen LogP contribution in [0.3, 0.4) is 0 Å². The Morgan fingerprint density at radius 3 is 2.26 bits per heavy atom. The SMILES string of the molecule is CCOc1ccc(OCC(=O)Nc2c(C)nn(-c3ccccc3)c2C)cc1. The number of nitrogens with one attached hydrogen (secondary N) is 1. The monoisotopic (exact) mass is 365 g/mol. The molecule has 1 amide bonds. The maximum absolute atomic E-state index is 12.3. The van der Waals surface area contributed by atoms with Crippen molar-refractivity contribution in [1.29, 1.82) is 0 Å². The topological polar surface area (TPSA) is 65.4 Å². The fourth-order valence-corrected chi connectivity index (χ4v) is 2.77. The summed E-state index contributed by atoms with van der Waals surface area (Å²) in [7, 11) is 0. The van der Waals surface area contributed by atoms with E-state index in [0.29, 0.717) is 18.0 Å². The van der Waals surface area contributed by atoms with Gasteiger partial charge in [0.05, 0.1) is 29.4 Å². The molecule has 1 N–H and O–H groups in total. The molecule has 0 radical (unpaired) electrons. The highest BCUT2D eigenvalue weighted by Gasteiger charge is 2.15. The van der Waals surface area contributed by atoms with E-state index < -0.39 is 0 Å². The van der Waals surface area contributed by atoms with E-state index in [2.05, 4.69) is 10.4 Å². The van der Waals surface area contributed by atoms with Crippen molar-refractivity contribution < 1.29 is 14.3 Å². The van der Waals surface area contributed by atoms with Gasteiger partial charge in [-0.05, 0) is 57.2 Å². The van der Waals surface area contributed by atoms with Crippen molar-refractivity contribution in [2.75, 3.05) is 18.5 Å². The van der Waals surface area contributed by atoms with Gasteiger partial charge in [-0.3, -0.25) is 4.79 Å². The molecule has 6 heteroatoms. The highest BCUT2D eigenvalue weighted by atomic mass is 16.5. The summed E-state index contributed by atoms with van der Waals surface area (Å²) in [5, 5.41) is 7.42. The highest BCUT2D eigenvalue weighted by Crippen LogP contribution is 2.23. The third kappa shape index (κ3) is 4.47. The van der Waals surface area contributed by atoms with Crippen LogP contribution in [0, 0.1) is 13.8 Å². The number of para-hydroxylation sites is 1. The minimum absolute atomic E-state index is 0.0800. The lowest BCUT2D eigenvalue weighted by molar-refractivity contribution is -0.118. The van der Waals surface area contributed by atoms with Crippen LogP contribution in [-0.2, 0) is 4.79 Å². The lowest BCUT2D eigenvalue weighted by Crippen LogP contribution is -2.20. The molecule has 140 valence electrons. The molecule has 0 aliphatic carbocycles. The van der Waals surface area contributed by atoms with Crippen LogP contribution >= 0.6 is 0 Å². The van der Waals surface area contributed by atoms with Gasteiger partial charge in [-0.25, -0.2) is 4.68 Å². The molecular formula is C21H23N3O3. The van der Waals surface area contributed by atoms with Gasteiger partial charge in [0.15, 0.2) is 6.61 Å². The molecule has 2 aromatic carbocycles. The molecule has 1 aromatic heterocycles. The molecule has 0 atom stereocenters. The van der Waals surface area contributed by atoms with Gasteiger partial charge in [0.2, 0.25) is 0 Å². The highest BCUT2D eigenvalue weighted by molar-refractivity contribution is 5.93. The number of carbonyl (C=O) groups is 1. The number of rotatable bonds is 7. The van der Waals surface area contributed by atoms with Crippen molar-refractivity contribution in [3.63, 3.8) is 0 Å². The minimum atomic E-state index is -0.234. The number of benzene rings is 2. The average Bonchev–Trinajstić information content (AvgIpc) is 2.96. The summed E-state index contributed by atoms with van der Waals surface area (Å²) in [4.78, 5) is 12.3. The molecule has 0 saturated heterocycles. The Kier molecular flexibility index (Phi) is 5.76. The molecule has 0 unspecified atom stereocenters. The zero-order chi connectivity index (χ0) is 19.2. The zero-order valence-electron chi connectivity index (χ0n) is 15.7. The number of amides is 1. The van der Waals surface area contributed by atoms with E-state index in [9.17, 15) is 4.79 Å². The van der Waals surface area contributed by atoms with E-state index in [1.807, 2.05) is 67.9 Å². The van der Waals surface area contributed by atoms with Crippen LogP contribution in [0.15, 0.2) is 54.6 Å². The summed E-state index contributed by atoms with van der Waals surface area (Å²) in [5.41, 5.74) is 3.28. The van der Waals surface area contributed by atoms with E-state index in [-0.39, 0.29) is 12.5 Å². The molecule has 6 nitrogen and oxygen atoms in total. The lowest BCUT2D eigenvalue weighted by Gasteiger charge is -2.09. The molecule has 27 heavy (non-hydrogen) atoms. The Morgan fingerprint density at radius 2 is 1.63 bits per heavy atom. The molecule has 0 spiro atoms. The van der Waals surface area contributed by atoms with Gasteiger partial charge in [0.25, 0.3) is 5.91 Å². The van der Waals surface area contributed by atoms with E-state index in [0.717, 1.165) is 22.8 Å². The molecule has 0 bridgehead atoms. The Bertz CT molecular complexity index is 902. The molecule has 0 aliphatic rings. The van der Waals surface area contributed by atoms with Crippen LogP contribution in [-0.4, -0.2) is 28.9 Å². The maximum Gasteiger partial charge on any atom is 0.262 e. The first kappa shape index (κ1) is 18.5. The average molecular weight is 365 g/mol. The second kappa shape index (κ2) is 8.40. The summed E-state index contributed by atoms with van der Waals surface area (Å²) < 4.78 is 12.8. The second-order valence-electron chi connectivity index (χ2n) is 6.03. The first-order valence-electron chi connectivity index (χ1n) is 8.85. The number of carbonyl (C=O) groups excluding carboxylic acids is 1. The number of aromatic nitrogens is 2. The first-order valence-corrected chi connectivity index (χ1v) is 8.85. The van der Waals surface area contributed by atoms with Crippen molar-refractivity contribution in [2.45, 2.75) is 20.8 Å². The third-order valence-electron chi connectivity index (χ3n) is 4.06. The van der Waals surface area contributed by atoms with Crippen LogP contribution in [0.2, 0.25) is 0 Å². The standard InChI is InChI=1S/C21H23N3O3/c1-4-26-18-10-12-19(13-11-18)27-14-20(25)22-21-15(2)23-24(16(21)3)17-8-6-5-7-9-17/h5-13H,4,14H2,1-3H3,(H,22,25). The van der Waals surface area contributed by atoms with Crippen molar-refractivity contribution in [2.24, 2.45) is 0 Å². The van der Waals surface area contributed by atoms with Crippen LogP contribution in [0.5, 0.6) is 11.5 Å². The number of nitrogens with zero attached hydrogens (tertiary/aromatic N) is 2. The lowest BCUT2D eigenvalue weighted by atomic mass is 10.3. The summed E-state index contributed by atoms with van der Waals surface area (Å²) in [6.07, 6.45) is 0. The van der Waals surface area contributed by atoms with E-state index in [1.54, 1.807) is 12.1 Å². The van der Waals surface area contributed by atoms with E-state index >= 15 is 0 Å². The predicted molar refractivity (Wildman–Crippen MR) is 105 cm³/mol. The van der Waals surface area contributed by atoms with Crippen LogP contribution in [0.25, 0.3) is 5.69 Å². The van der Waals surface area contributed by atoms with Gasteiger partial charge in [0, 0.05) is 0 Å². The number of aryl methyl sites for hydroxylation is 1. The van der Waals surface area contributed by atoms with Gasteiger partial charge < -0.3 is 14.8 Å². The van der Waals surface area contributed by atoms with Gasteiger partial charge in [-0.2, -0.15) is 5.10 Å². The molecule has 0 saturated carbocycles. The number of hydrogen-bond acceptors (Lipinski definition) is 4. The number of anilines is 1. The van der Waals surface area contributed by atoms with Crippen molar-refractivity contribution >= 4 is 11.6 Å². The molecule has 0 fully saturated rings. The van der Waals surface area contributed by atoms with Crippen LogP contribution < -0.4 is 14.8 Å². The molecular weight excluding hydrogens is 342 g/mol. The summed E-state index contributed by atoms with van der Waals surface area (Å²) in [5.74, 6) is 1.15. The van der Waals surface area contributed by atoms with Crippen molar-refractivity contribution in [3.05, 3.63) is 66.0 Å². The fraction of sp³-hybridized carbons (Fsp3) is 0.238. The summed E-state index contributed by atoms with van der Waals surface area (Å²) >= 11 is 0. The summed E-state index contributed by atoms with van der Waals surface area (Å²) in [6.45, 7) is 6.26. The Labute approximate surface area is 158 Å². The third-order valence-corrected chi connectivity index (χ3v) is 4.06. The van der Waals surface area contributed by atoms with Gasteiger partial charge in [-0.1, -0.05) is 18.2 Å². The minimum Gasteiger partial charge on any atom is -0.494 e. The van der Waals surface area contributed by atoms with Crippen LogP contribution in [0.1, 0.15) is 18.3 Å². The van der Waals surface area contributed by atoms with Crippen molar-refractivity contribution in [1.82, 2.24) is 9.78 Å². The smallest absolute Gasteiger partial charge is 0.262 e. The Hall–Kier alpha value is -3.28. The predicted octanol–water partition coefficient (Wildman–Crippen LogP) is 3.91. The van der Waals surface area contributed by atoms with Crippen LogP contribution in [0.4, 0.5) is 5.69 Å². The Morgan fingerprint density at radius 1 is 1.00 bits per heavy atom. The zero-order valence-corrected chi connectivity index (χ0v) is 15.7. The van der Waals surface area contributed by atoms with Gasteiger partial charge in [-0.15, -0.1) is 0 Å². The normalized spacial score (nSPS) is 10.5. The molecule has 3 rings (SSSR count). The first-order chi connectivity index (χ1) is 13.1. The second-order valence-corrected chi connectivity index (χ2v) is 6.03. The Balaban J connectivity index is 1.63. The summed E-state index contributed by atoms with van der Waals surface area (Å²) in [6, 6.07) is 17.0. The van der Waals surface area contributed by atoms with E-state index in [4.69, 9.17) is 9.47 Å². The largest absolute Gasteiger partial charge is 0.494 e. The maximum atomic E-state index is 12.3.